The van der Waals surface area contributed by atoms with E-state index in [9.17, 15) is 8.78 Å². The van der Waals surface area contributed by atoms with Crippen molar-refractivity contribution in [3.63, 3.8) is 0 Å². The van der Waals surface area contributed by atoms with E-state index < -0.39 is 11.6 Å². The monoisotopic (exact) mass is 547 g/mol. The molecule has 0 unspecified atom stereocenters. The minimum atomic E-state index is -0.457. The number of aliphatic imine (C=N–C) groups is 1. The van der Waals surface area contributed by atoms with Gasteiger partial charge in [-0.05, 0) is 70.8 Å². The number of hydrogen-bond acceptors (Lipinski definition) is 4. The highest BCUT2D eigenvalue weighted by atomic mass is 127. The Hall–Kier alpha value is -1.75. The lowest BCUT2D eigenvalue weighted by atomic mass is 9.97. The zero-order valence-electron chi connectivity index (χ0n) is 18.4. The van der Waals surface area contributed by atoms with Crippen LogP contribution in [0.1, 0.15) is 42.7 Å². The van der Waals surface area contributed by atoms with Gasteiger partial charge in [-0.1, -0.05) is 0 Å². The van der Waals surface area contributed by atoms with Gasteiger partial charge in [0.2, 0.25) is 5.89 Å². The zero-order chi connectivity index (χ0) is 21.5. The lowest BCUT2D eigenvalue weighted by molar-refractivity contribution is 0.164. The molecule has 3 rings (SSSR count). The Bertz CT molecular complexity index is 846. The summed E-state index contributed by atoms with van der Waals surface area (Å²) in [5.41, 5.74) is 1.20. The maximum atomic E-state index is 13.8. The number of nitrogens with one attached hydrogen (secondary N) is 2. The predicted molar refractivity (Wildman–Crippen MR) is 129 cm³/mol. The molecule has 2 N–H and O–H groups in total. The topological polar surface area (TPSA) is 65.7 Å². The first-order valence-electron chi connectivity index (χ1n) is 10.6. The van der Waals surface area contributed by atoms with E-state index in [1.165, 1.54) is 6.07 Å². The van der Waals surface area contributed by atoms with E-state index in [1.807, 2.05) is 20.8 Å². The summed E-state index contributed by atoms with van der Waals surface area (Å²) in [7, 11) is 0. The van der Waals surface area contributed by atoms with Gasteiger partial charge >= 0.3 is 0 Å². The number of hydrogen-bond donors (Lipinski definition) is 2. The van der Waals surface area contributed by atoms with Crippen LogP contribution in [0.3, 0.4) is 0 Å². The maximum absolute atomic E-state index is 13.8. The second-order valence-electron chi connectivity index (χ2n) is 7.78. The molecule has 0 bridgehead atoms. The van der Waals surface area contributed by atoms with Crippen LogP contribution in [-0.2, 0) is 13.1 Å². The highest BCUT2D eigenvalue weighted by Crippen LogP contribution is 2.19. The van der Waals surface area contributed by atoms with Gasteiger partial charge in [0, 0.05) is 18.7 Å². The summed E-state index contributed by atoms with van der Waals surface area (Å²) in [5, 5.41) is 6.51. The highest BCUT2D eigenvalue weighted by molar-refractivity contribution is 14.0. The molecule has 0 radical (unpaired) electrons. The number of oxazole rings is 1. The summed E-state index contributed by atoms with van der Waals surface area (Å²) in [6, 6.07) is 3.44. The van der Waals surface area contributed by atoms with Crippen molar-refractivity contribution in [3.05, 3.63) is 52.7 Å². The van der Waals surface area contributed by atoms with E-state index in [0.29, 0.717) is 18.4 Å². The van der Waals surface area contributed by atoms with Gasteiger partial charge in [-0.25, -0.2) is 18.8 Å². The largest absolute Gasteiger partial charge is 0.444 e. The fourth-order valence-electron chi connectivity index (χ4n) is 3.56. The molecule has 172 valence electrons. The van der Waals surface area contributed by atoms with Crippen LogP contribution in [0.5, 0.6) is 0 Å². The van der Waals surface area contributed by atoms with Crippen molar-refractivity contribution in [3.8, 4) is 0 Å². The van der Waals surface area contributed by atoms with Gasteiger partial charge in [0.05, 0.1) is 18.8 Å². The number of nitrogens with zero attached hydrogens (tertiary/aromatic N) is 3. The van der Waals surface area contributed by atoms with Crippen molar-refractivity contribution in [1.82, 2.24) is 20.5 Å². The number of piperidine rings is 1. The molecule has 1 aliphatic heterocycles. The fourth-order valence-corrected chi connectivity index (χ4v) is 3.56. The normalized spacial score (nSPS) is 15.6. The Balaban J connectivity index is 0.00000341. The summed E-state index contributed by atoms with van der Waals surface area (Å²) in [6.07, 6.45) is 2.15. The third kappa shape index (κ3) is 7.71. The number of guanidine groups is 1. The van der Waals surface area contributed by atoms with Gasteiger partial charge in [-0.2, -0.15) is 0 Å². The smallest absolute Gasteiger partial charge is 0.208 e. The van der Waals surface area contributed by atoms with Gasteiger partial charge < -0.3 is 15.1 Å². The van der Waals surface area contributed by atoms with Crippen molar-refractivity contribution < 1.29 is 13.2 Å². The number of likely N-dealkylation sites (tertiary alicyclic amines) is 1. The lowest BCUT2D eigenvalue weighted by Gasteiger charge is -2.31. The highest BCUT2D eigenvalue weighted by Gasteiger charge is 2.21. The Morgan fingerprint density at radius 3 is 2.61 bits per heavy atom. The van der Waals surface area contributed by atoms with Crippen molar-refractivity contribution in [2.75, 3.05) is 26.2 Å². The van der Waals surface area contributed by atoms with E-state index >= 15 is 0 Å². The van der Waals surface area contributed by atoms with Crippen LogP contribution < -0.4 is 10.6 Å². The van der Waals surface area contributed by atoms with E-state index in [4.69, 9.17) is 4.42 Å². The van der Waals surface area contributed by atoms with Gasteiger partial charge in [0.25, 0.3) is 0 Å². The van der Waals surface area contributed by atoms with Crippen LogP contribution in [-0.4, -0.2) is 42.0 Å². The molecule has 1 aromatic heterocycles. The molecule has 1 fully saturated rings. The summed E-state index contributed by atoms with van der Waals surface area (Å²) < 4.78 is 32.8. The SMILES string of the molecule is CCNC(=NCc1cc(F)ccc1F)NCC1CCN(Cc2nc(C)c(C)o2)CC1.I. The minimum absolute atomic E-state index is 0. The van der Waals surface area contributed by atoms with Crippen molar-refractivity contribution in [2.24, 2.45) is 10.9 Å². The third-order valence-corrected chi connectivity index (χ3v) is 5.46. The van der Waals surface area contributed by atoms with E-state index in [1.54, 1.807) is 0 Å². The van der Waals surface area contributed by atoms with Crippen LogP contribution >= 0.6 is 24.0 Å². The molecule has 9 heteroatoms. The molecule has 0 atom stereocenters. The lowest BCUT2D eigenvalue weighted by Crippen LogP contribution is -2.42. The second kappa shape index (κ2) is 12.3. The van der Waals surface area contributed by atoms with E-state index in [-0.39, 0.29) is 36.1 Å². The summed E-state index contributed by atoms with van der Waals surface area (Å²) in [5.74, 6) is 1.92. The Labute approximate surface area is 199 Å². The average molecular weight is 547 g/mol. The summed E-state index contributed by atoms with van der Waals surface area (Å²) in [4.78, 5) is 11.2. The van der Waals surface area contributed by atoms with Crippen molar-refractivity contribution in [1.29, 1.82) is 0 Å². The molecular weight excluding hydrogens is 515 g/mol. The van der Waals surface area contributed by atoms with Crippen molar-refractivity contribution in [2.45, 2.75) is 46.7 Å². The van der Waals surface area contributed by atoms with Gasteiger partial charge in [0.15, 0.2) is 5.96 Å². The molecule has 1 aromatic carbocycles. The quantitative estimate of drug-likeness (QED) is 0.310. The van der Waals surface area contributed by atoms with E-state index in [0.717, 1.165) is 68.5 Å². The molecule has 0 spiro atoms. The average Bonchev–Trinajstić information content (AvgIpc) is 3.04. The number of halogens is 3. The van der Waals surface area contributed by atoms with Gasteiger partial charge in [-0.15, -0.1) is 24.0 Å². The number of benzene rings is 1. The zero-order valence-corrected chi connectivity index (χ0v) is 20.7. The molecule has 0 aliphatic carbocycles. The molecule has 2 heterocycles. The fraction of sp³-hybridized carbons (Fsp3) is 0.545. The molecule has 1 saturated heterocycles. The molecule has 31 heavy (non-hydrogen) atoms. The molecule has 0 saturated carbocycles. The van der Waals surface area contributed by atoms with Gasteiger partial charge in [-0.3, -0.25) is 4.90 Å². The number of aryl methyl sites for hydroxylation is 2. The first-order chi connectivity index (χ1) is 14.4. The Kier molecular flexibility index (Phi) is 10.1. The predicted octanol–water partition coefficient (Wildman–Crippen LogP) is 4.15. The summed E-state index contributed by atoms with van der Waals surface area (Å²) >= 11 is 0. The maximum Gasteiger partial charge on any atom is 0.208 e. The van der Waals surface area contributed by atoms with Crippen LogP contribution in [0.15, 0.2) is 27.6 Å². The Morgan fingerprint density at radius 2 is 1.97 bits per heavy atom. The van der Waals surface area contributed by atoms with E-state index in [2.05, 4.69) is 25.5 Å². The molecule has 6 nitrogen and oxygen atoms in total. The van der Waals surface area contributed by atoms with Crippen molar-refractivity contribution >= 4 is 29.9 Å². The number of rotatable bonds is 7. The first kappa shape index (κ1) is 25.5. The van der Waals surface area contributed by atoms with Gasteiger partial charge in [0.1, 0.15) is 17.4 Å². The standard InChI is InChI=1S/C22H31F2N5O.HI/c1-4-25-22(27-13-18-11-19(23)5-6-20(18)24)26-12-17-7-9-29(10-8-17)14-21-28-15(2)16(3)30-21;/h5-6,11,17H,4,7-10,12-14H2,1-3H3,(H2,25,26,27);1H. The van der Waals surface area contributed by atoms with Crippen LogP contribution in [0, 0.1) is 31.4 Å². The van der Waals surface area contributed by atoms with Crippen LogP contribution in [0.2, 0.25) is 0 Å². The molecule has 0 amide bonds. The molecule has 2 aromatic rings. The summed E-state index contributed by atoms with van der Waals surface area (Å²) in [6.45, 7) is 10.2. The van der Waals surface area contributed by atoms with Crippen LogP contribution in [0.4, 0.5) is 8.78 Å². The second-order valence-corrected chi connectivity index (χ2v) is 7.78. The minimum Gasteiger partial charge on any atom is -0.444 e. The molecular formula is C22H32F2IN5O. The third-order valence-electron chi connectivity index (χ3n) is 5.46. The Morgan fingerprint density at radius 1 is 1.23 bits per heavy atom. The molecule has 1 aliphatic rings. The van der Waals surface area contributed by atoms with Crippen LogP contribution in [0.25, 0.3) is 0 Å². The number of aromatic nitrogens is 1. The first-order valence-corrected chi connectivity index (χ1v) is 10.6.